The molecule has 1 N–H and O–H groups in total. The summed E-state index contributed by atoms with van der Waals surface area (Å²) in [5.74, 6) is 0.517. The Morgan fingerprint density at radius 1 is 1.15 bits per heavy atom. The normalized spacial score (nSPS) is 17.3. The second-order valence-electron chi connectivity index (χ2n) is 8.06. The van der Waals surface area contributed by atoms with E-state index >= 15 is 0 Å². The SMILES string of the molecule is CC(C)Oc1ccc(S(=O)(=O)N2CCC(C(=O)NC(C)(C)C)CC2)cc1. The number of sulfonamides is 1. The lowest BCUT2D eigenvalue weighted by molar-refractivity contribution is -0.127. The van der Waals surface area contributed by atoms with Crippen LogP contribution in [-0.2, 0) is 14.8 Å². The van der Waals surface area contributed by atoms with Crippen molar-refractivity contribution in [2.45, 2.75) is 64.0 Å². The van der Waals surface area contributed by atoms with Gasteiger partial charge in [-0.05, 0) is 71.7 Å². The lowest BCUT2D eigenvalue weighted by Crippen LogP contribution is -2.47. The second-order valence-corrected chi connectivity index (χ2v) is 9.99. The van der Waals surface area contributed by atoms with Gasteiger partial charge in [-0.2, -0.15) is 4.31 Å². The molecule has 0 spiro atoms. The van der Waals surface area contributed by atoms with Crippen LogP contribution in [0.2, 0.25) is 0 Å². The Hall–Kier alpha value is -1.60. The number of amides is 1. The third kappa shape index (κ3) is 5.45. The Kier molecular flexibility index (Phi) is 6.34. The minimum absolute atomic E-state index is 0.00438. The lowest BCUT2D eigenvalue weighted by atomic mass is 9.96. The molecule has 1 aliphatic heterocycles. The van der Waals surface area contributed by atoms with E-state index in [2.05, 4.69) is 5.32 Å². The first kappa shape index (κ1) is 20.7. The molecule has 6 nitrogen and oxygen atoms in total. The first-order chi connectivity index (χ1) is 12.0. The number of carbonyl (C=O) groups is 1. The molecule has 26 heavy (non-hydrogen) atoms. The molecule has 2 rings (SSSR count). The number of nitrogens with one attached hydrogen (secondary N) is 1. The van der Waals surface area contributed by atoms with Gasteiger partial charge in [0.1, 0.15) is 5.75 Å². The van der Waals surface area contributed by atoms with E-state index in [-0.39, 0.29) is 28.4 Å². The van der Waals surface area contributed by atoms with Crippen LogP contribution in [0, 0.1) is 5.92 Å². The Balaban J connectivity index is 2.00. The molecule has 146 valence electrons. The lowest BCUT2D eigenvalue weighted by Gasteiger charge is -2.32. The average molecular weight is 383 g/mol. The first-order valence-electron chi connectivity index (χ1n) is 9.08. The van der Waals surface area contributed by atoms with Crippen molar-refractivity contribution in [2.75, 3.05) is 13.1 Å². The molecule has 0 bridgehead atoms. The van der Waals surface area contributed by atoms with Gasteiger partial charge in [0.15, 0.2) is 0 Å². The average Bonchev–Trinajstić information content (AvgIpc) is 2.53. The summed E-state index contributed by atoms with van der Waals surface area (Å²) in [6, 6.07) is 6.50. The number of carbonyl (C=O) groups excluding carboxylic acids is 1. The van der Waals surface area contributed by atoms with Gasteiger partial charge >= 0.3 is 0 Å². The van der Waals surface area contributed by atoms with E-state index in [1.54, 1.807) is 24.3 Å². The van der Waals surface area contributed by atoms with Crippen molar-refractivity contribution in [1.82, 2.24) is 9.62 Å². The number of piperidine rings is 1. The van der Waals surface area contributed by atoms with E-state index in [1.165, 1.54) is 4.31 Å². The van der Waals surface area contributed by atoms with Crippen LogP contribution in [0.5, 0.6) is 5.75 Å². The van der Waals surface area contributed by atoms with Crippen molar-refractivity contribution in [2.24, 2.45) is 5.92 Å². The summed E-state index contributed by atoms with van der Waals surface area (Å²) in [7, 11) is -3.55. The number of hydrogen-bond donors (Lipinski definition) is 1. The highest BCUT2D eigenvalue weighted by Crippen LogP contribution is 2.26. The molecule has 1 aromatic carbocycles. The molecule has 0 aliphatic carbocycles. The second kappa shape index (κ2) is 7.96. The maximum absolute atomic E-state index is 12.8. The molecule has 0 saturated carbocycles. The van der Waals surface area contributed by atoms with Crippen LogP contribution in [-0.4, -0.2) is 43.4 Å². The maximum Gasteiger partial charge on any atom is 0.243 e. The number of ether oxygens (including phenoxy) is 1. The molecule has 7 heteroatoms. The van der Waals surface area contributed by atoms with Crippen LogP contribution in [0.1, 0.15) is 47.5 Å². The molecule has 1 aliphatic rings. The van der Waals surface area contributed by atoms with Crippen molar-refractivity contribution in [1.29, 1.82) is 0 Å². The van der Waals surface area contributed by atoms with Crippen molar-refractivity contribution in [3.8, 4) is 5.75 Å². The highest BCUT2D eigenvalue weighted by atomic mass is 32.2. The van der Waals surface area contributed by atoms with Crippen molar-refractivity contribution < 1.29 is 17.9 Å². The molecule has 1 aromatic rings. The zero-order valence-corrected chi connectivity index (χ0v) is 17.1. The van der Waals surface area contributed by atoms with Crippen LogP contribution >= 0.6 is 0 Å². The van der Waals surface area contributed by atoms with Crippen molar-refractivity contribution >= 4 is 15.9 Å². The van der Waals surface area contributed by atoms with E-state index < -0.39 is 10.0 Å². The Labute approximate surface area is 157 Å². The van der Waals surface area contributed by atoms with Crippen LogP contribution < -0.4 is 10.1 Å². The monoisotopic (exact) mass is 382 g/mol. The summed E-state index contributed by atoms with van der Waals surface area (Å²) < 4.78 is 32.6. The summed E-state index contributed by atoms with van der Waals surface area (Å²) in [5, 5.41) is 2.98. The number of hydrogen-bond acceptors (Lipinski definition) is 4. The quantitative estimate of drug-likeness (QED) is 0.850. The predicted molar refractivity (Wildman–Crippen MR) is 102 cm³/mol. The molecule has 0 unspecified atom stereocenters. The Morgan fingerprint density at radius 3 is 2.15 bits per heavy atom. The molecule has 1 amide bonds. The number of nitrogens with zero attached hydrogens (tertiary/aromatic N) is 1. The molecule has 0 aromatic heterocycles. The van der Waals surface area contributed by atoms with E-state index in [0.717, 1.165) is 0 Å². The summed E-state index contributed by atoms with van der Waals surface area (Å²) >= 11 is 0. The van der Waals surface area contributed by atoms with E-state index in [9.17, 15) is 13.2 Å². The van der Waals surface area contributed by atoms with E-state index in [0.29, 0.717) is 31.7 Å². The molecule has 1 saturated heterocycles. The van der Waals surface area contributed by atoms with Crippen LogP contribution in [0.3, 0.4) is 0 Å². The summed E-state index contributed by atoms with van der Waals surface area (Å²) in [6.45, 7) is 10.4. The smallest absolute Gasteiger partial charge is 0.243 e. The zero-order chi connectivity index (χ0) is 19.5. The standard InChI is InChI=1S/C19H30N2O4S/c1-14(2)25-16-6-8-17(9-7-16)26(23,24)21-12-10-15(11-13-21)18(22)20-19(3,4)5/h6-9,14-15H,10-13H2,1-5H3,(H,20,22). The molecule has 1 heterocycles. The third-order valence-corrected chi connectivity index (χ3v) is 6.07. The van der Waals surface area contributed by atoms with E-state index in [1.807, 2.05) is 34.6 Å². The highest BCUT2D eigenvalue weighted by Gasteiger charge is 2.33. The Bertz CT molecular complexity index is 713. The summed E-state index contributed by atoms with van der Waals surface area (Å²) in [4.78, 5) is 12.5. The third-order valence-electron chi connectivity index (χ3n) is 4.16. The summed E-state index contributed by atoms with van der Waals surface area (Å²) in [5.41, 5.74) is -0.278. The first-order valence-corrected chi connectivity index (χ1v) is 10.5. The molecule has 0 radical (unpaired) electrons. The van der Waals surface area contributed by atoms with Crippen molar-refractivity contribution in [3.05, 3.63) is 24.3 Å². The van der Waals surface area contributed by atoms with Gasteiger partial charge < -0.3 is 10.1 Å². The molecule has 1 fully saturated rings. The number of benzene rings is 1. The topological polar surface area (TPSA) is 75.7 Å². The fourth-order valence-electron chi connectivity index (χ4n) is 2.94. The fourth-order valence-corrected chi connectivity index (χ4v) is 4.41. The van der Waals surface area contributed by atoms with Crippen LogP contribution in [0.4, 0.5) is 0 Å². The largest absolute Gasteiger partial charge is 0.491 e. The maximum atomic E-state index is 12.8. The van der Waals surface area contributed by atoms with Crippen LogP contribution in [0.15, 0.2) is 29.2 Å². The van der Waals surface area contributed by atoms with Gasteiger partial charge in [0.25, 0.3) is 0 Å². The minimum atomic E-state index is -3.55. The highest BCUT2D eigenvalue weighted by molar-refractivity contribution is 7.89. The molecular weight excluding hydrogens is 352 g/mol. The fraction of sp³-hybridized carbons (Fsp3) is 0.632. The zero-order valence-electron chi connectivity index (χ0n) is 16.3. The van der Waals surface area contributed by atoms with Crippen molar-refractivity contribution in [3.63, 3.8) is 0 Å². The van der Waals surface area contributed by atoms with Gasteiger partial charge in [0.2, 0.25) is 15.9 Å². The predicted octanol–water partition coefficient (Wildman–Crippen LogP) is 2.79. The van der Waals surface area contributed by atoms with Gasteiger partial charge in [-0.15, -0.1) is 0 Å². The summed E-state index contributed by atoms with van der Waals surface area (Å²) in [6.07, 6.45) is 1.11. The van der Waals surface area contributed by atoms with Gasteiger partial charge in [0, 0.05) is 24.5 Å². The van der Waals surface area contributed by atoms with Gasteiger partial charge in [0.05, 0.1) is 11.0 Å². The van der Waals surface area contributed by atoms with Gasteiger partial charge in [-0.25, -0.2) is 8.42 Å². The van der Waals surface area contributed by atoms with Crippen LogP contribution in [0.25, 0.3) is 0 Å². The Morgan fingerprint density at radius 2 is 1.69 bits per heavy atom. The minimum Gasteiger partial charge on any atom is -0.491 e. The van der Waals surface area contributed by atoms with E-state index in [4.69, 9.17) is 4.74 Å². The molecular formula is C19H30N2O4S. The number of rotatable bonds is 5. The van der Waals surface area contributed by atoms with Gasteiger partial charge in [-0.3, -0.25) is 4.79 Å². The molecule has 0 atom stereocenters. The van der Waals surface area contributed by atoms with Gasteiger partial charge in [-0.1, -0.05) is 0 Å².